The van der Waals surface area contributed by atoms with Crippen molar-refractivity contribution in [3.8, 4) is 5.75 Å². The molecule has 0 saturated heterocycles. The maximum Gasteiger partial charge on any atom is 0.270 e. The summed E-state index contributed by atoms with van der Waals surface area (Å²) in [5.41, 5.74) is 1.03. The second kappa shape index (κ2) is 5.80. The summed E-state index contributed by atoms with van der Waals surface area (Å²) in [6, 6.07) is 6.55. The number of carbonyl (C=O) groups excluding carboxylic acids is 1. The lowest BCUT2D eigenvalue weighted by Crippen LogP contribution is -2.53. The second-order valence-corrected chi connectivity index (χ2v) is 6.37. The Morgan fingerprint density at radius 3 is 2.86 bits per heavy atom. The lowest BCUT2D eigenvalue weighted by atomic mass is 10.0. The van der Waals surface area contributed by atoms with E-state index in [1.165, 1.54) is 12.8 Å². The molecular formula is C17H24N2O3. The van der Waals surface area contributed by atoms with E-state index in [0.29, 0.717) is 25.8 Å². The molecule has 1 aliphatic carbocycles. The van der Waals surface area contributed by atoms with E-state index in [1.54, 1.807) is 4.90 Å². The van der Waals surface area contributed by atoms with Crippen LogP contribution in [-0.2, 0) is 9.53 Å². The molecule has 1 fully saturated rings. The van der Waals surface area contributed by atoms with Gasteiger partial charge in [0.1, 0.15) is 5.75 Å². The minimum absolute atomic E-state index is 0.0247. The molecule has 1 aromatic rings. The number of ether oxygens (including phenoxy) is 2. The van der Waals surface area contributed by atoms with Crippen molar-refractivity contribution in [1.29, 1.82) is 0 Å². The first-order valence-corrected chi connectivity index (χ1v) is 8.00. The van der Waals surface area contributed by atoms with Crippen LogP contribution in [0, 0.1) is 0 Å². The highest BCUT2D eigenvalue weighted by molar-refractivity contribution is 6.02. The predicted molar refractivity (Wildman–Crippen MR) is 86.6 cm³/mol. The van der Waals surface area contributed by atoms with Gasteiger partial charge in [0.25, 0.3) is 5.91 Å². The number of hydrogen-bond acceptors (Lipinski definition) is 4. The molecule has 5 heteroatoms. The number of nitrogens with zero attached hydrogens (tertiary/aromatic N) is 1. The SMILES string of the molecule is CCOCCN1C(=O)C(C)(C)Oc2ccc(NC3CC3)cc21. The average molecular weight is 304 g/mol. The molecule has 0 spiro atoms. The largest absolute Gasteiger partial charge is 0.476 e. The predicted octanol–water partition coefficient (Wildman–Crippen LogP) is 2.80. The Balaban J connectivity index is 1.87. The zero-order chi connectivity index (χ0) is 15.7. The van der Waals surface area contributed by atoms with E-state index in [0.717, 1.165) is 17.1 Å². The molecule has 0 unspecified atom stereocenters. The van der Waals surface area contributed by atoms with E-state index in [4.69, 9.17) is 9.47 Å². The quantitative estimate of drug-likeness (QED) is 0.821. The van der Waals surface area contributed by atoms with Gasteiger partial charge in [-0.1, -0.05) is 0 Å². The summed E-state index contributed by atoms with van der Waals surface area (Å²) < 4.78 is 11.3. The van der Waals surface area contributed by atoms with Gasteiger partial charge in [0, 0.05) is 24.9 Å². The number of anilines is 2. The highest BCUT2D eigenvalue weighted by Gasteiger charge is 2.40. The van der Waals surface area contributed by atoms with Crippen molar-refractivity contribution in [2.75, 3.05) is 30.0 Å². The third-order valence-electron chi connectivity index (χ3n) is 3.99. The van der Waals surface area contributed by atoms with Crippen LogP contribution in [0.4, 0.5) is 11.4 Å². The lowest BCUT2D eigenvalue weighted by Gasteiger charge is -2.39. The minimum Gasteiger partial charge on any atom is -0.476 e. The molecule has 1 heterocycles. The molecule has 5 nitrogen and oxygen atoms in total. The van der Waals surface area contributed by atoms with Crippen molar-refractivity contribution in [3.63, 3.8) is 0 Å². The van der Waals surface area contributed by atoms with Gasteiger partial charge in [0.2, 0.25) is 0 Å². The zero-order valence-corrected chi connectivity index (χ0v) is 13.5. The standard InChI is InChI=1S/C17H24N2O3/c1-4-21-10-9-19-14-11-13(18-12-5-6-12)7-8-15(14)22-17(2,3)16(19)20/h7-8,11-12,18H,4-6,9-10H2,1-3H3. The van der Waals surface area contributed by atoms with Gasteiger partial charge in [0.15, 0.2) is 5.60 Å². The van der Waals surface area contributed by atoms with Crippen molar-refractivity contribution in [1.82, 2.24) is 0 Å². The highest BCUT2D eigenvalue weighted by atomic mass is 16.5. The molecule has 22 heavy (non-hydrogen) atoms. The average Bonchev–Trinajstić information content (AvgIpc) is 3.28. The number of benzene rings is 1. The van der Waals surface area contributed by atoms with Gasteiger partial charge in [-0.05, 0) is 51.8 Å². The van der Waals surface area contributed by atoms with Crippen LogP contribution in [0.2, 0.25) is 0 Å². The third kappa shape index (κ3) is 3.04. The number of hydrogen-bond donors (Lipinski definition) is 1. The van der Waals surface area contributed by atoms with Crippen LogP contribution < -0.4 is 15.0 Å². The van der Waals surface area contributed by atoms with Crippen molar-refractivity contribution in [3.05, 3.63) is 18.2 Å². The molecule has 3 rings (SSSR count). The van der Waals surface area contributed by atoms with Gasteiger partial charge in [-0.25, -0.2) is 0 Å². The van der Waals surface area contributed by atoms with E-state index < -0.39 is 5.60 Å². The van der Waals surface area contributed by atoms with Crippen LogP contribution in [0.1, 0.15) is 33.6 Å². The first kappa shape index (κ1) is 15.2. The number of amides is 1. The van der Waals surface area contributed by atoms with Crippen LogP contribution in [0.25, 0.3) is 0 Å². The molecular weight excluding hydrogens is 280 g/mol. The number of fused-ring (bicyclic) bond motifs is 1. The van der Waals surface area contributed by atoms with E-state index in [1.807, 2.05) is 39.0 Å². The van der Waals surface area contributed by atoms with E-state index in [9.17, 15) is 4.79 Å². The first-order valence-electron chi connectivity index (χ1n) is 8.00. The first-order chi connectivity index (χ1) is 10.5. The summed E-state index contributed by atoms with van der Waals surface area (Å²) in [6.07, 6.45) is 2.43. The van der Waals surface area contributed by atoms with Crippen LogP contribution in [0.3, 0.4) is 0 Å². The van der Waals surface area contributed by atoms with Crippen LogP contribution in [-0.4, -0.2) is 37.3 Å². The van der Waals surface area contributed by atoms with Gasteiger partial charge in [-0.3, -0.25) is 4.79 Å². The molecule has 0 radical (unpaired) electrons. The number of carbonyl (C=O) groups is 1. The van der Waals surface area contributed by atoms with Crippen LogP contribution >= 0.6 is 0 Å². The fourth-order valence-corrected chi connectivity index (χ4v) is 2.64. The van der Waals surface area contributed by atoms with Gasteiger partial charge in [-0.15, -0.1) is 0 Å². The molecule has 1 N–H and O–H groups in total. The van der Waals surface area contributed by atoms with Crippen LogP contribution in [0.5, 0.6) is 5.75 Å². The molecule has 0 aromatic heterocycles. The van der Waals surface area contributed by atoms with E-state index in [2.05, 4.69) is 5.32 Å². The lowest BCUT2D eigenvalue weighted by molar-refractivity contribution is -0.132. The Labute approximate surface area is 131 Å². The molecule has 2 aliphatic rings. The topological polar surface area (TPSA) is 50.8 Å². The highest BCUT2D eigenvalue weighted by Crippen LogP contribution is 2.40. The molecule has 1 aromatic carbocycles. The molecule has 0 bridgehead atoms. The van der Waals surface area contributed by atoms with Gasteiger partial charge in [0.05, 0.1) is 12.3 Å². The summed E-state index contributed by atoms with van der Waals surface area (Å²) in [7, 11) is 0. The Hall–Kier alpha value is -1.75. The van der Waals surface area contributed by atoms with Gasteiger partial charge >= 0.3 is 0 Å². The Morgan fingerprint density at radius 1 is 1.41 bits per heavy atom. The van der Waals surface area contributed by atoms with E-state index in [-0.39, 0.29) is 5.91 Å². The monoisotopic (exact) mass is 304 g/mol. The smallest absolute Gasteiger partial charge is 0.270 e. The van der Waals surface area contributed by atoms with Crippen molar-refractivity contribution in [2.45, 2.75) is 45.3 Å². The maximum absolute atomic E-state index is 12.7. The van der Waals surface area contributed by atoms with Crippen LogP contribution in [0.15, 0.2) is 18.2 Å². The Kier molecular flexibility index (Phi) is 4.00. The molecule has 0 atom stereocenters. The third-order valence-corrected chi connectivity index (χ3v) is 3.99. The molecule has 1 amide bonds. The number of nitrogens with one attached hydrogen (secondary N) is 1. The van der Waals surface area contributed by atoms with Gasteiger partial charge < -0.3 is 19.7 Å². The molecule has 1 aliphatic heterocycles. The van der Waals surface area contributed by atoms with E-state index >= 15 is 0 Å². The maximum atomic E-state index is 12.7. The number of rotatable bonds is 6. The van der Waals surface area contributed by atoms with Gasteiger partial charge in [-0.2, -0.15) is 0 Å². The summed E-state index contributed by atoms with van der Waals surface area (Å²) in [6.45, 7) is 7.29. The summed E-state index contributed by atoms with van der Waals surface area (Å²) in [5.74, 6) is 0.728. The fraction of sp³-hybridized carbons (Fsp3) is 0.588. The second-order valence-electron chi connectivity index (χ2n) is 6.37. The van der Waals surface area contributed by atoms with Crippen molar-refractivity contribution >= 4 is 17.3 Å². The minimum atomic E-state index is -0.843. The fourth-order valence-electron chi connectivity index (χ4n) is 2.64. The Bertz CT molecular complexity index is 567. The normalized spacial score (nSPS) is 19.6. The summed E-state index contributed by atoms with van der Waals surface area (Å²) >= 11 is 0. The van der Waals surface area contributed by atoms with Crippen molar-refractivity contribution < 1.29 is 14.3 Å². The Morgan fingerprint density at radius 2 is 2.18 bits per heavy atom. The zero-order valence-electron chi connectivity index (χ0n) is 13.5. The summed E-state index contributed by atoms with van der Waals surface area (Å²) in [5, 5.41) is 3.46. The van der Waals surface area contributed by atoms with Crippen molar-refractivity contribution in [2.24, 2.45) is 0 Å². The molecule has 1 saturated carbocycles. The molecule has 120 valence electrons. The summed E-state index contributed by atoms with van der Waals surface area (Å²) in [4.78, 5) is 14.5.